The first-order valence-corrected chi connectivity index (χ1v) is 10.6. The van der Waals surface area contributed by atoms with Crippen LogP contribution in [0.1, 0.15) is 38.5 Å². The third kappa shape index (κ3) is 3.69. The number of hydrogen-bond donors (Lipinski definition) is 4. The number of hydrogen-bond acceptors (Lipinski definition) is 9. The lowest BCUT2D eigenvalue weighted by molar-refractivity contribution is -0.0232. The summed E-state index contributed by atoms with van der Waals surface area (Å²) in [5, 5.41) is 2.72. The number of aromatic nitrogens is 3. The molecule has 2 aromatic heterocycles. The molecule has 28 heavy (non-hydrogen) atoms. The van der Waals surface area contributed by atoms with E-state index in [1.165, 1.54) is 6.33 Å². The molecule has 2 aliphatic rings. The molecule has 4 N–H and O–H groups in total. The molecule has 152 valence electrons. The summed E-state index contributed by atoms with van der Waals surface area (Å²) in [6.45, 7) is 3.93. The van der Waals surface area contributed by atoms with Gasteiger partial charge in [0.15, 0.2) is 5.82 Å². The zero-order chi connectivity index (χ0) is 20.1. The first-order chi connectivity index (χ1) is 13.2. The van der Waals surface area contributed by atoms with E-state index in [0.717, 1.165) is 28.3 Å². The monoisotopic (exact) mass is 411 g/mol. The molecule has 2 aromatic rings. The molecule has 0 amide bonds. The molecule has 1 fully saturated rings. The van der Waals surface area contributed by atoms with Gasteiger partial charge in [0.25, 0.3) is 0 Å². The largest absolute Gasteiger partial charge is 0.567 e. The minimum absolute atomic E-state index is 0.0928. The maximum absolute atomic E-state index is 9.00. The molecule has 4 heterocycles. The van der Waals surface area contributed by atoms with Crippen molar-refractivity contribution in [1.82, 2.24) is 20.0 Å². The van der Waals surface area contributed by atoms with Crippen molar-refractivity contribution < 1.29 is 23.9 Å². The van der Waals surface area contributed by atoms with Crippen LogP contribution in [0, 0.1) is 0 Å². The number of amidine groups is 1. The van der Waals surface area contributed by atoms with E-state index in [1.54, 1.807) is 0 Å². The van der Waals surface area contributed by atoms with E-state index in [2.05, 4.69) is 20.4 Å². The summed E-state index contributed by atoms with van der Waals surface area (Å²) in [7, 11) is -2.38. The number of hydrazine groups is 1. The van der Waals surface area contributed by atoms with E-state index in [9.17, 15) is 0 Å². The Kier molecular flexibility index (Phi) is 4.98. The minimum Gasteiger partial charge on any atom is -0.352 e. The van der Waals surface area contributed by atoms with E-state index >= 15 is 0 Å². The Labute approximate surface area is 162 Å². The molecule has 0 aromatic carbocycles. The van der Waals surface area contributed by atoms with Gasteiger partial charge < -0.3 is 9.30 Å². The van der Waals surface area contributed by atoms with Gasteiger partial charge in [-0.15, -0.1) is 0 Å². The number of anilines is 1. The fraction of sp³-hybridized carbons (Fsp3) is 0.562. The molecule has 12 heteroatoms. The summed E-state index contributed by atoms with van der Waals surface area (Å²) in [6, 6.07) is 0.115. The molecular weight excluding hydrogens is 387 g/mol. The average molecular weight is 411 g/mol. The van der Waals surface area contributed by atoms with Crippen LogP contribution in [0.3, 0.4) is 0 Å². The third-order valence-corrected chi connectivity index (χ3v) is 5.15. The molecule has 0 bridgehead atoms. The Bertz CT molecular complexity index is 911. The molecule has 0 saturated carbocycles. The molecule has 2 unspecified atom stereocenters. The lowest BCUT2D eigenvalue weighted by Gasteiger charge is -2.26. The molecule has 4 rings (SSSR count). The lowest BCUT2D eigenvalue weighted by Crippen LogP contribution is -2.43. The highest BCUT2D eigenvalue weighted by Gasteiger charge is 2.38. The smallest absolute Gasteiger partial charge is 0.352 e. The Hall–Kier alpha value is -1.88. The van der Waals surface area contributed by atoms with Crippen LogP contribution in [-0.2, 0) is 9.26 Å². The number of nitrogens with one attached hydrogen (secondary N) is 1. The predicted octanol–water partition coefficient (Wildman–Crippen LogP) is 0.889. The Balaban J connectivity index is 1.67. The second-order valence-corrected chi connectivity index (χ2v) is 8.47. The van der Waals surface area contributed by atoms with Crippen molar-refractivity contribution in [1.29, 1.82) is 0 Å². The molecule has 0 aliphatic carbocycles. The van der Waals surface area contributed by atoms with Gasteiger partial charge in [-0.2, -0.15) is 19.2 Å². The molecule has 0 spiro atoms. The molecular formula is C16H24N6O5P+. The fourth-order valence-electron chi connectivity index (χ4n) is 3.55. The van der Waals surface area contributed by atoms with Crippen molar-refractivity contribution in [2.24, 2.45) is 4.99 Å². The third-order valence-electron chi connectivity index (χ3n) is 4.65. The van der Waals surface area contributed by atoms with Crippen molar-refractivity contribution in [3.05, 3.63) is 18.1 Å². The normalized spacial score (nSPS) is 23.8. The topological polar surface area (TPSA) is 137 Å². The van der Waals surface area contributed by atoms with Crippen LogP contribution in [0.15, 0.2) is 17.5 Å². The van der Waals surface area contributed by atoms with Crippen LogP contribution in [0.25, 0.3) is 11.0 Å². The lowest BCUT2D eigenvalue weighted by atomic mass is 10.2. The second kappa shape index (κ2) is 7.18. The van der Waals surface area contributed by atoms with E-state index in [0.29, 0.717) is 12.8 Å². The summed E-state index contributed by atoms with van der Waals surface area (Å²) < 4.78 is 12.6. The van der Waals surface area contributed by atoms with Crippen LogP contribution in [0.4, 0.5) is 5.82 Å². The zero-order valence-electron chi connectivity index (χ0n) is 15.8. The summed E-state index contributed by atoms with van der Waals surface area (Å²) in [6.07, 6.45) is 4.18. The van der Waals surface area contributed by atoms with E-state index < -0.39 is 8.17 Å². The minimum atomic E-state index is -4.26. The van der Waals surface area contributed by atoms with Crippen LogP contribution >= 0.6 is 8.17 Å². The predicted molar refractivity (Wildman–Crippen MR) is 103 cm³/mol. The van der Waals surface area contributed by atoms with Gasteiger partial charge in [-0.1, -0.05) is 0 Å². The Morgan fingerprint density at radius 2 is 2.14 bits per heavy atom. The van der Waals surface area contributed by atoms with Crippen molar-refractivity contribution in [3.8, 4) is 0 Å². The van der Waals surface area contributed by atoms with Gasteiger partial charge in [0.1, 0.15) is 30.6 Å². The van der Waals surface area contributed by atoms with Gasteiger partial charge >= 0.3 is 8.17 Å². The highest BCUT2D eigenvalue weighted by molar-refractivity contribution is 7.53. The van der Waals surface area contributed by atoms with E-state index in [-0.39, 0.29) is 25.0 Å². The fourth-order valence-corrected chi connectivity index (χ4v) is 3.91. The average Bonchev–Trinajstić information content (AvgIpc) is 3.22. The van der Waals surface area contributed by atoms with E-state index in [1.807, 2.05) is 36.7 Å². The first-order valence-electron chi connectivity index (χ1n) is 9.04. The maximum Gasteiger partial charge on any atom is 0.567 e. The van der Waals surface area contributed by atoms with Crippen LogP contribution in [-0.4, -0.2) is 60.9 Å². The van der Waals surface area contributed by atoms with Gasteiger partial charge in [0, 0.05) is 24.8 Å². The summed E-state index contributed by atoms with van der Waals surface area (Å²) >= 11 is 0. The van der Waals surface area contributed by atoms with Crippen molar-refractivity contribution in [2.45, 2.75) is 45.1 Å². The van der Waals surface area contributed by atoms with E-state index in [4.69, 9.17) is 23.9 Å². The molecule has 2 atom stereocenters. The Morgan fingerprint density at radius 1 is 1.36 bits per heavy atom. The number of nitrogens with zero attached hydrogens (tertiary/aromatic N) is 5. The highest BCUT2D eigenvalue weighted by atomic mass is 31.2. The number of aliphatic imine (C=N–C) groups is 1. The number of ether oxygens (including phenoxy) is 1. The maximum atomic E-state index is 9.00. The van der Waals surface area contributed by atoms with Crippen LogP contribution in [0.5, 0.6) is 0 Å². The summed E-state index contributed by atoms with van der Waals surface area (Å²) in [5.41, 5.74) is 4.90. The molecule has 0 radical (unpaired) electrons. The van der Waals surface area contributed by atoms with Gasteiger partial charge in [0.05, 0.1) is 11.5 Å². The second-order valence-electron chi connectivity index (χ2n) is 7.19. The van der Waals surface area contributed by atoms with Crippen LogP contribution in [0.2, 0.25) is 0 Å². The summed E-state index contributed by atoms with van der Waals surface area (Å²) in [5.74, 6) is 1.51. The van der Waals surface area contributed by atoms with Gasteiger partial charge in [0.2, 0.25) is 0 Å². The Morgan fingerprint density at radius 3 is 2.86 bits per heavy atom. The molecule has 11 nitrogen and oxygen atoms in total. The summed E-state index contributed by atoms with van der Waals surface area (Å²) in [4.78, 5) is 40.5. The van der Waals surface area contributed by atoms with Crippen molar-refractivity contribution >= 4 is 30.9 Å². The first kappa shape index (κ1) is 19.4. The van der Waals surface area contributed by atoms with Gasteiger partial charge in [-0.05, 0) is 26.7 Å². The van der Waals surface area contributed by atoms with Crippen LogP contribution < -0.4 is 10.4 Å². The standard InChI is InChI=1S/C16H24N6O5P/c1-9(2)19-14-11-6-22(12-5-4-10(27-12)7-26-28(23,24)25)16-13(11)15(17-8-18-16)21(3)20-14/h6,8-10,12,23-25H,4-5,7H2,1-3H3,(H,19,20)/q+1. The quantitative estimate of drug-likeness (QED) is 0.529. The zero-order valence-corrected chi connectivity index (χ0v) is 16.7. The van der Waals surface area contributed by atoms with Crippen molar-refractivity contribution in [3.63, 3.8) is 0 Å². The molecule has 1 saturated heterocycles. The molecule has 2 aliphatic heterocycles. The highest BCUT2D eigenvalue weighted by Crippen LogP contribution is 2.46. The van der Waals surface area contributed by atoms with Gasteiger partial charge in [-0.3, -0.25) is 15.4 Å². The van der Waals surface area contributed by atoms with Crippen molar-refractivity contribution in [2.75, 3.05) is 18.7 Å². The SMILES string of the molecule is CC(C)N=C1NN(C)c2ncnc3c2c1cn3C1CCC(CO[P+](O)(O)O)O1. The number of rotatable bonds is 5. The van der Waals surface area contributed by atoms with Gasteiger partial charge in [-0.25, -0.2) is 9.97 Å².